The van der Waals surface area contributed by atoms with Crippen molar-refractivity contribution in [2.45, 2.75) is 70.2 Å². The second kappa shape index (κ2) is 11.8. The van der Waals surface area contributed by atoms with Crippen LogP contribution in [0.2, 0.25) is 0 Å². The Morgan fingerprint density at radius 2 is 1.94 bits per heavy atom. The molecular weight excluding hydrogens is 619 g/mol. The van der Waals surface area contributed by atoms with Crippen LogP contribution in [0.1, 0.15) is 57.2 Å². The second-order valence-electron chi connectivity index (χ2n) is 14.0. The lowest BCUT2D eigenvalue weighted by molar-refractivity contribution is 0.107. The third kappa shape index (κ3) is 5.03. The summed E-state index contributed by atoms with van der Waals surface area (Å²) in [5.41, 5.74) is 0.202. The highest BCUT2D eigenvalue weighted by atomic mass is 19.1. The van der Waals surface area contributed by atoms with Gasteiger partial charge in [-0.3, -0.25) is 4.90 Å². The number of piperidine rings is 1. The number of rotatable bonds is 6. The van der Waals surface area contributed by atoms with E-state index in [2.05, 4.69) is 26.6 Å². The maximum absolute atomic E-state index is 17.2. The van der Waals surface area contributed by atoms with Gasteiger partial charge in [0.2, 0.25) is 0 Å². The van der Waals surface area contributed by atoms with Gasteiger partial charge in [-0.1, -0.05) is 18.9 Å². The predicted molar refractivity (Wildman–Crippen MR) is 177 cm³/mol. The van der Waals surface area contributed by atoms with E-state index >= 15 is 8.78 Å². The number of aryl methyl sites for hydroxylation is 1. The van der Waals surface area contributed by atoms with E-state index in [0.717, 1.165) is 25.8 Å². The number of ether oxygens (including phenoxy) is 1. The van der Waals surface area contributed by atoms with Crippen molar-refractivity contribution in [2.24, 2.45) is 11.8 Å². The number of phenolic OH excluding ortho intramolecular Hbond substituents is 1. The van der Waals surface area contributed by atoms with Gasteiger partial charge in [-0.25, -0.2) is 18.2 Å². The Hall–Kier alpha value is -4.14. The van der Waals surface area contributed by atoms with Crippen molar-refractivity contribution in [1.82, 2.24) is 19.9 Å². The molecule has 1 aliphatic carbocycles. The molecule has 11 heteroatoms. The highest BCUT2D eigenvalue weighted by Gasteiger charge is 2.49. The van der Waals surface area contributed by atoms with E-state index in [0.29, 0.717) is 66.4 Å². The monoisotopic (exact) mass is 657 g/mol. The average molecular weight is 658 g/mol. The lowest BCUT2D eigenvalue weighted by Gasteiger charge is -2.34. The summed E-state index contributed by atoms with van der Waals surface area (Å²) in [5.74, 6) is 5.32. The molecule has 2 aromatic carbocycles. The molecule has 3 aliphatic heterocycles. The normalized spacial score (nSPS) is 26.7. The standard InChI is InChI=1S/C37H38F3N5O3/c1-3-6-28-31-34(32(40)33(41-28)26-14-24(46)13-21-7-8-27(39)25(4-2)30(21)26)42-36(48-19-37-9-5-10-45(37)18-23(38)15-37)43-35(31)44-16-20-11-22(17-44)29(47)12-20/h7-8,13-14,20,22-23,29,46-47H,4-5,9-12,15-19H2,1-2H3/t20?,22?,23-,29?,37+/m1/s1. The summed E-state index contributed by atoms with van der Waals surface area (Å²) in [6, 6.07) is 5.78. The zero-order valence-electron chi connectivity index (χ0n) is 27.1. The summed E-state index contributed by atoms with van der Waals surface area (Å²) in [6.07, 6.45) is 2.68. The van der Waals surface area contributed by atoms with Crippen molar-refractivity contribution in [2.75, 3.05) is 37.7 Å². The summed E-state index contributed by atoms with van der Waals surface area (Å²) < 4.78 is 53.2. The summed E-state index contributed by atoms with van der Waals surface area (Å²) in [7, 11) is 0. The minimum atomic E-state index is -0.937. The molecule has 4 aromatic rings. The molecule has 0 spiro atoms. The summed E-state index contributed by atoms with van der Waals surface area (Å²) in [6.45, 7) is 5.94. The highest BCUT2D eigenvalue weighted by Crippen LogP contribution is 2.44. The Balaban J connectivity index is 1.34. The third-order valence-corrected chi connectivity index (χ3v) is 11.0. The molecule has 4 fully saturated rings. The van der Waals surface area contributed by atoms with Gasteiger partial charge in [-0.15, -0.1) is 0 Å². The van der Waals surface area contributed by atoms with Crippen LogP contribution < -0.4 is 9.64 Å². The molecule has 250 valence electrons. The van der Waals surface area contributed by atoms with Crippen molar-refractivity contribution >= 4 is 27.5 Å². The Morgan fingerprint density at radius 3 is 2.73 bits per heavy atom. The molecule has 0 amide bonds. The number of halogens is 3. The van der Waals surface area contributed by atoms with E-state index in [4.69, 9.17) is 14.7 Å². The number of aromatic nitrogens is 3. The summed E-state index contributed by atoms with van der Waals surface area (Å²) in [5, 5.41) is 22.7. The van der Waals surface area contributed by atoms with Gasteiger partial charge in [0.1, 0.15) is 47.1 Å². The number of aromatic hydroxyl groups is 1. The molecule has 3 unspecified atom stereocenters. The summed E-state index contributed by atoms with van der Waals surface area (Å²) in [4.78, 5) is 18.4. The van der Waals surface area contributed by atoms with Crippen LogP contribution in [-0.2, 0) is 6.42 Å². The molecule has 48 heavy (non-hydrogen) atoms. The van der Waals surface area contributed by atoms with Crippen LogP contribution in [0.4, 0.5) is 19.0 Å². The number of hydrogen-bond acceptors (Lipinski definition) is 8. The number of alkyl halides is 1. The Morgan fingerprint density at radius 1 is 1.08 bits per heavy atom. The minimum absolute atomic E-state index is 0.0352. The molecule has 4 aliphatic rings. The first-order valence-corrected chi connectivity index (χ1v) is 16.9. The van der Waals surface area contributed by atoms with Crippen LogP contribution in [0.5, 0.6) is 11.8 Å². The fourth-order valence-corrected chi connectivity index (χ4v) is 8.90. The maximum Gasteiger partial charge on any atom is 0.319 e. The van der Waals surface area contributed by atoms with Gasteiger partial charge in [-0.05, 0) is 91.9 Å². The van der Waals surface area contributed by atoms with Crippen molar-refractivity contribution in [1.29, 1.82) is 0 Å². The van der Waals surface area contributed by atoms with Crippen LogP contribution >= 0.6 is 0 Å². The van der Waals surface area contributed by atoms with E-state index in [1.54, 1.807) is 13.0 Å². The predicted octanol–water partition coefficient (Wildman–Crippen LogP) is 5.92. The number of aliphatic hydroxyl groups is 1. The third-order valence-electron chi connectivity index (χ3n) is 11.0. The first-order chi connectivity index (χ1) is 23.2. The fourth-order valence-electron chi connectivity index (χ4n) is 8.90. The van der Waals surface area contributed by atoms with Gasteiger partial charge in [0.05, 0.1) is 17.0 Å². The van der Waals surface area contributed by atoms with Crippen molar-refractivity contribution in [3.63, 3.8) is 0 Å². The van der Waals surface area contributed by atoms with E-state index in [-0.39, 0.29) is 52.7 Å². The van der Waals surface area contributed by atoms with Crippen LogP contribution in [0.3, 0.4) is 0 Å². The van der Waals surface area contributed by atoms with E-state index in [9.17, 15) is 14.6 Å². The van der Waals surface area contributed by atoms with Gasteiger partial charge in [0.25, 0.3) is 0 Å². The highest BCUT2D eigenvalue weighted by molar-refractivity contribution is 6.03. The van der Waals surface area contributed by atoms with Crippen molar-refractivity contribution in [3.05, 3.63) is 47.2 Å². The van der Waals surface area contributed by atoms with E-state index < -0.39 is 29.4 Å². The molecule has 0 radical (unpaired) electrons. The zero-order chi connectivity index (χ0) is 33.3. The number of phenols is 1. The Kier molecular flexibility index (Phi) is 7.64. The van der Waals surface area contributed by atoms with Crippen LogP contribution in [0, 0.1) is 35.3 Å². The van der Waals surface area contributed by atoms with E-state index in [1.807, 2.05) is 6.92 Å². The smallest absolute Gasteiger partial charge is 0.319 e. The first-order valence-electron chi connectivity index (χ1n) is 16.9. The number of pyridine rings is 1. The number of nitrogens with zero attached hydrogens (tertiary/aromatic N) is 5. The average Bonchev–Trinajstić information content (AvgIpc) is 3.68. The fraction of sp³-hybridized carbons (Fsp3) is 0.486. The van der Waals surface area contributed by atoms with E-state index in [1.165, 1.54) is 18.2 Å². The SMILES string of the molecule is CC#Cc1nc(-c2cc(O)cc3ccc(F)c(CC)c23)c(F)c2nc(OC[C@@]34CCCN3C[C@H](F)C4)nc(N3CC4CC(O)C(C4)C3)c12. The van der Waals surface area contributed by atoms with Crippen LogP contribution in [0.25, 0.3) is 32.9 Å². The van der Waals surface area contributed by atoms with Crippen LogP contribution in [-0.4, -0.2) is 80.7 Å². The Bertz CT molecular complexity index is 2010. The summed E-state index contributed by atoms with van der Waals surface area (Å²) >= 11 is 0. The minimum Gasteiger partial charge on any atom is -0.508 e. The molecule has 8 rings (SSSR count). The van der Waals surface area contributed by atoms with Gasteiger partial charge in [-0.2, -0.15) is 9.97 Å². The van der Waals surface area contributed by atoms with Gasteiger partial charge >= 0.3 is 6.01 Å². The Labute approximate surface area is 277 Å². The van der Waals surface area contributed by atoms with Gasteiger partial charge in [0, 0.05) is 37.5 Å². The number of anilines is 1. The molecule has 2 aromatic heterocycles. The quantitative estimate of drug-likeness (QED) is 0.247. The molecule has 2 bridgehead atoms. The van der Waals surface area contributed by atoms with Crippen LogP contribution in [0.15, 0.2) is 24.3 Å². The lowest BCUT2D eigenvalue weighted by atomic mass is 9.94. The molecule has 8 nitrogen and oxygen atoms in total. The molecule has 1 saturated carbocycles. The number of benzene rings is 2. The molecule has 5 heterocycles. The number of fused-ring (bicyclic) bond motifs is 5. The molecule has 2 N–H and O–H groups in total. The molecule has 5 atom stereocenters. The van der Waals surface area contributed by atoms with Crippen molar-refractivity contribution in [3.8, 4) is 34.9 Å². The van der Waals surface area contributed by atoms with Crippen molar-refractivity contribution < 1.29 is 28.1 Å². The second-order valence-corrected chi connectivity index (χ2v) is 14.0. The largest absolute Gasteiger partial charge is 0.508 e. The lowest BCUT2D eigenvalue weighted by Crippen LogP contribution is -2.43. The molecule has 3 saturated heterocycles. The number of aliphatic hydroxyl groups excluding tert-OH is 1. The van der Waals surface area contributed by atoms with Gasteiger partial charge in [0.15, 0.2) is 5.82 Å². The zero-order valence-corrected chi connectivity index (χ0v) is 27.1. The van der Waals surface area contributed by atoms with Gasteiger partial charge < -0.3 is 19.8 Å². The first kappa shape index (κ1) is 31.1. The molecular formula is C37H38F3N5O3. The maximum atomic E-state index is 17.2. The number of hydrogen-bond donors (Lipinski definition) is 2. The topological polar surface area (TPSA) is 94.8 Å².